The highest BCUT2D eigenvalue weighted by atomic mass is 16.2. The Balaban J connectivity index is 1.42. The predicted octanol–water partition coefficient (Wildman–Crippen LogP) is 5.17. The first-order valence-corrected chi connectivity index (χ1v) is 11.6. The van der Waals surface area contributed by atoms with Crippen LogP contribution in [0.3, 0.4) is 0 Å². The number of carbonyl (C=O) groups excluding carboxylic acids is 1. The quantitative estimate of drug-likeness (QED) is 0.454. The molecule has 0 radical (unpaired) electrons. The van der Waals surface area contributed by atoms with Crippen LogP contribution in [0.1, 0.15) is 57.6 Å². The molecule has 0 fully saturated rings. The second kappa shape index (κ2) is 9.41. The minimum atomic E-state index is -0.218. The lowest BCUT2D eigenvalue weighted by Crippen LogP contribution is -2.31. The first kappa shape index (κ1) is 21.1. The van der Waals surface area contributed by atoms with Gasteiger partial charge in [0.1, 0.15) is 5.82 Å². The number of aromatic nitrogens is 3. The van der Waals surface area contributed by atoms with E-state index in [1.807, 2.05) is 41.1 Å². The highest BCUT2D eigenvalue weighted by Crippen LogP contribution is 2.29. The molecule has 0 spiro atoms. The Bertz CT molecular complexity index is 1260. The summed E-state index contributed by atoms with van der Waals surface area (Å²) in [5.74, 6) is 0.797. The smallest absolute Gasteiger partial charge is 0.291 e. The molecule has 1 amide bonds. The summed E-state index contributed by atoms with van der Waals surface area (Å²) in [7, 11) is 0. The van der Waals surface area contributed by atoms with Crippen LogP contribution in [0.4, 0.5) is 0 Å². The van der Waals surface area contributed by atoms with Crippen LogP contribution >= 0.6 is 0 Å². The van der Waals surface area contributed by atoms with Gasteiger partial charge in [0.05, 0.1) is 11.7 Å². The summed E-state index contributed by atoms with van der Waals surface area (Å²) >= 11 is 0. The first-order chi connectivity index (χ1) is 16.2. The van der Waals surface area contributed by atoms with Gasteiger partial charge in [-0.1, -0.05) is 66.7 Å². The van der Waals surface area contributed by atoms with Crippen LogP contribution in [0.5, 0.6) is 0 Å². The largest absolute Gasteiger partial charge is 0.342 e. The summed E-state index contributed by atoms with van der Waals surface area (Å²) in [6.45, 7) is 2.05. The summed E-state index contributed by atoms with van der Waals surface area (Å²) in [6, 6.07) is 26.8. The molecule has 166 valence electrons. The summed E-state index contributed by atoms with van der Waals surface area (Å²) in [6.07, 6.45) is 4.59. The molecule has 0 saturated carbocycles. The number of aryl methyl sites for hydroxylation is 4. The maximum Gasteiger partial charge on any atom is 0.291 e. The maximum absolute atomic E-state index is 13.2. The zero-order chi connectivity index (χ0) is 22.6. The number of fused-ring (bicyclic) bond motifs is 1. The molecular formula is C28H28N4O. The normalized spacial score (nSPS) is 15.1. The van der Waals surface area contributed by atoms with Crippen molar-refractivity contribution in [1.29, 1.82) is 0 Å². The van der Waals surface area contributed by atoms with Crippen molar-refractivity contribution >= 4 is 5.91 Å². The molecule has 1 N–H and O–H groups in total. The van der Waals surface area contributed by atoms with Gasteiger partial charge in [0.2, 0.25) is 5.82 Å². The van der Waals surface area contributed by atoms with Crippen molar-refractivity contribution < 1.29 is 4.79 Å². The lowest BCUT2D eigenvalue weighted by molar-refractivity contribution is 0.0922. The minimum Gasteiger partial charge on any atom is -0.342 e. The van der Waals surface area contributed by atoms with Gasteiger partial charge in [0, 0.05) is 6.42 Å². The van der Waals surface area contributed by atoms with Crippen LogP contribution in [0.15, 0.2) is 78.9 Å². The van der Waals surface area contributed by atoms with Gasteiger partial charge in [0.15, 0.2) is 0 Å². The lowest BCUT2D eigenvalue weighted by atomic mass is 9.88. The molecule has 0 bridgehead atoms. The monoisotopic (exact) mass is 436 g/mol. The number of benzene rings is 3. The standard InChI is InChI=1S/C28H28N4O/c1-20-9-7-14-23(19-20)32-26(18-17-21-10-3-2-4-11-21)30-27(31-32)28(33)29-25-16-8-13-22-12-5-6-15-24(22)25/h2-7,9-12,14-15,19,25H,8,13,16-18H2,1H3,(H,29,33)/t25-/m1/s1. The number of rotatable bonds is 6. The number of nitrogens with one attached hydrogen (secondary N) is 1. The van der Waals surface area contributed by atoms with Crippen molar-refractivity contribution in [2.45, 2.75) is 45.1 Å². The topological polar surface area (TPSA) is 59.8 Å². The van der Waals surface area contributed by atoms with E-state index >= 15 is 0 Å². The van der Waals surface area contributed by atoms with E-state index in [4.69, 9.17) is 4.98 Å². The Morgan fingerprint density at radius 1 is 1.00 bits per heavy atom. The third kappa shape index (κ3) is 4.72. The molecule has 3 aromatic carbocycles. The van der Waals surface area contributed by atoms with Crippen LogP contribution in [-0.2, 0) is 19.3 Å². The van der Waals surface area contributed by atoms with Gasteiger partial charge >= 0.3 is 0 Å². The van der Waals surface area contributed by atoms with Crippen LogP contribution < -0.4 is 5.32 Å². The molecule has 0 aliphatic heterocycles. The second-order valence-electron chi connectivity index (χ2n) is 8.71. The summed E-state index contributed by atoms with van der Waals surface area (Å²) in [5, 5.41) is 7.84. The maximum atomic E-state index is 13.2. The molecule has 4 aromatic rings. The van der Waals surface area contributed by atoms with E-state index < -0.39 is 0 Å². The van der Waals surface area contributed by atoms with Gasteiger partial charge in [-0.25, -0.2) is 9.67 Å². The van der Waals surface area contributed by atoms with E-state index in [0.717, 1.165) is 42.8 Å². The first-order valence-electron chi connectivity index (χ1n) is 11.6. The van der Waals surface area contributed by atoms with Crippen LogP contribution in [0.25, 0.3) is 5.69 Å². The molecule has 1 atom stereocenters. The molecule has 1 aliphatic rings. The van der Waals surface area contributed by atoms with E-state index in [9.17, 15) is 4.79 Å². The van der Waals surface area contributed by atoms with Gasteiger partial charge < -0.3 is 5.32 Å². The lowest BCUT2D eigenvalue weighted by Gasteiger charge is -2.25. The van der Waals surface area contributed by atoms with Crippen LogP contribution in [-0.4, -0.2) is 20.7 Å². The van der Waals surface area contributed by atoms with Crippen molar-refractivity contribution in [3.63, 3.8) is 0 Å². The second-order valence-corrected chi connectivity index (χ2v) is 8.71. The van der Waals surface area contributed by atoms with Crippen molar-refractivity contribution in [2.75, 3.05) is 0 Å². The molecule has 0 unspecified atom stereocenters. The van der Waals surface area contributed by atoms with E-state index in [1.165, 1.54) is 16.7 Å². The number of amides is 1. The Morgan fingerprint density at radius 3 is 2.67 bits per heavy atom. The average Bonchev–Trinajstić information content (AvgIpc) is 3.28. The Hall–Kier alpha value is -3.73. The van der Waals surface area contributed by atoms with E-state index in [0.29, 0.717) is 6.42 Å². The Morgan fingerprint density at radius 2 is 1.82 bits per heavy atom. The fourth-order valence-corrected chi connectivity index (χ4v) is 4.60. The third-order valence-corrected chi connectivity index (χ3v) is 6.28. The molecule has 0 saturated heterocycles. The fourth-order valence-electron chi connectivity index (χ4n) is 4.60. The number of hydrogen-bond acceptors (Lipinski definition) is 3. The highest BCUT2D eigenvalue weighted by Gasteiger charge is 2.24. The summed E-state index contributed by atoms with van der Waals surface area (Å²) in [4.78, 5) is 17.9. The zero-order valence-corrected chi connectivity index (χ0v) is 18.9. The fraction of sp³-hybridized carbons (Fsp3) is 0.250. The number of hydrogen-bond donors (Lipinski definition) is 1. The van der Waals surface area contributed by atoms with E-state index in [-0.39, 0.29) is 17.8 Å². The van der Waals surface area contributed by atoms with Gasteiger partial charge in [-0.2, -0.15) is 0 Å². The van der Waals surface area contributed by atoms with E-state index in [1.54, 1.807) is 0 Å². The predicted molar refractivity (Wildman–Crippen MR) is 130 cm³/mol. The molecule has 5 rings (SSSR count). The van der Waals surface area contributed by atoms with Crippen molar-refractivity contribution in [3.05, 3.63) is 113 Å². The molecule has 5 heteroatoms. The van der Waals surface area contributed by atoms with Gasteiger partial charge in [-0.15, -0.1) is 5.10 Å². The highest BCUT2D eigenvalue weighted by molar-refractivity contribution is 5.90. The molecule has 33 heavy (non-hydrogen) atoms. The van der Waals surface area contributed by atoms with Gasteiger partial charge in [0.25, 0.3) is 5.91 Å². The molecular weight excluding hydrogens is 408 g/mol. The Kier molecular flexibility index (Phi) is 6.03. The van der Waals surface area contributed by atoms with Gasteiger partial charge in [-0.05, 0) is 67.0 Å². The Labute approximate surface area is 194 Å². The summed E-state index contributed by atoms with van der Waals surface area (Å²) < 4.78 is 1.82. The van der Waals surface area contributed by atoms with Crippen molar-refractivity contribution in [1.82, 2.24) is 20.1 Å². The molecule has 1 aliphatic carbocycles. The van der Waals surface area contributed by atoms with E-state index in [2.05, 4.69) is 59.8 Å². The van der Waals surface area contributed by atoms with Crippen LogP contribution in [0.2, 0.25) is 0 Å². The van der Waals surface area contributed by atoms with Crippen molar-refractivity contribution in [3.8, 4) is 5.69 Å². The number of nitrogens with zero attached hydrogens (tertiary/aromatic N) is 3. The zero-order valence-electron chi connectivity index (χ0n) is 18.9. The average molecular weight is 437 g/mol. The number of carbonyl (C=O) groups is 1. The summed E-state index contributed by atoms with van der Waals surface area (Å²) in [5.41, 5.74) is 5.82. The molecule has 5 nitrogen and oxygen atoms in total. The van der Waals surface area contributed by atoms with Crippen molar-refractivity contribution in [2.24, 2.45) is 0 Å². The SMILES string of the molecule is Cc1cccc(-n2nc(C(=O)N[C@@H]3CCCc4ccccc43)nc2CCc2ccccc2)c1. The third-order valence-electron chi connectivity index (χ3n) is 6.28. The molecule has 1 aromatic heterocycles. The molecule has 1 heterocycles. The minimum absolute atomic E-state index is 0.00105. The van der Waals surface area contributed by atoms with Crippen LogP contribution in [0, 0.1) is 6.92 Å². The van der Waals surface area contributed by atoms with Gasteiger partial charge in [-0.3, -0.25) is 4.79 Å².